The van der Waals surface area contributed by atoms with Crippen molar-refractivity contribution in [3.8, 4) is 0 Å². The molecule has 2 N–H and O–H groups in total. The molecule has 0 aliphatic rings. The number of alkyl halides is 2. The third-order valence-electron chi connectivity index (χ3n) is 3.54. The highest BCUT2D eigenvalue weighted by Crippen LogP contribution is 2.38. The largest absolute Gasteiger partial charge is 0.480 e. The summed E-state index contributed by atoms with van der Waals surface area (Å²) in [6, 6.07) is 0. The second kappa shape index (κ2) is 9.03. The molecule has 6 heteroatoms. The fourth-order valence-corrected chi connectivity index (χ4v) is 2.95. The minimum Gasteiger partial charge on any atom is -0.480 e. The number of carboxylic acid groups (broad SMARTS) is 2. The summed E-state index contributed by atoms with van der Waals surface area (Å²) in [5, 5.41) is 18.7. The number of halogens is 2. The maximum Gasteiger partial charge on any atom is 0.320 e. The Hall–Kier alpha value is -0.100. The molecule has 0 saturated carbocycles. The number of hydrogen-bond acceptors (Lipinski definition) is 2. The van der Waals surface area contributed by atoms with E-state index in [0.29, 0.717) is 25.7 Å². The summed E-state index contributed by atoms with van der Waals surface area (Å²) in [4.78, 5) is 22.8. The summed E-state index contributed by atoms with van der Waals surface area (Å²) in [6.07, 6.45) is 5.03. The lowest BCUT2D eigenvalue weighted by Crippen LogP contribution is -2.38. The third kappa shape index (κ3) is 6.12. The van der Waals surface area contributed by atoms with E-state index in [9.17, 15) is 19.8 Å². The summed E-state index contributed by atoms with van der Waals surface area (Å²) < 4.78 is -2.05. The first-order valence-corrected chi connectivity index (χ1v) is 8.65. The van der Waals surface area contributed by atoms with E-state index in [1.165, 1.54) is 0 Å². The van der Waals surface area contributed by atoms with Crippen LogP contribution in [0.25, 0.3) is 0 Å². The van der Waals surface area contributed by atoms with E-state index >= 15 is 0 Å². The Bertz CT molecular complexity index is 303. The van der Waals surface area contributed by atoms with E-state index < -0.39 is 20.6 Å². The molecule has 2 atom stereocenters. The lowest BCUT2D eigenvalue weighted by Gasteiger charge is -2.28. The standard InChI is InChI=1S/C14H24Br2O4/c1-3-5-7-13(15,11(17)18)9-10-14(16,12(19)20)8-6-4-2/h3-10H2,1-2H3,(H,17,18)(H,19,20). The van der Waals surface area contributed by atoms with Gasteiger partial charge in [-0.1, -0.05) is 71.4 Å². The summed E-state index contributed by atoms with van der Waals surface area (Å²) in [7, 11) is 0. The molecule has 0 aliphatic heterocycles. The summed E-state index contributed by atoms with van der Waals surface area (Å²) in [6.45, 7) is 4.01. The fraction of sp³-hybridized carbons (Fsp3) is 0.857. The van der Waals surface area contributed by atoms with Crippen molar-refractivity contribution in [3.63, 3.8) is 0 Å². The minimum absolute atomic E-state index is 0.295. The van der Waals surface area contributed by atoms with Gasteiger partial charge in [0, 0.05) is 0 Å². The molecule has 2 unspecified atom stereocenters. The predicted molar refractivity (Wildman–Crippen MR) is 86.9 cm³/mol. The van der Waals surface area contributed by atoms with Crippen molar-refractivity contribution < 1.29 is 19.8 Å². The lowest BCUT2D eigenvalue weighted by molar-refractivity contribution is -0.142. The Balaban J connectivity index is 4.79. The van der Waals surface area contributed by atoms with Crippen LogP contribution in [0.2, 0.25) is 0 Å². The van der Waals surface area contributed by atoms with Crippen molar-refractivity contribution in [1.29, 1.82) is 0 Å². The first-order valence-electron chi connectivity index (χ1n) is 7.06. The third-order valence-corrected chi connectivity index (χ3v) is 5.80. The fourth-order valence-electron chi connectivity index (χ4n) is 1.99. The van der Waals surface area contributed by atoms with Crippen LogP contribution < -0.4 is 0 Å². The van der Waals surface area contributed by atoms with Gasteiger partial charge in [-0.2, -0.15) is 0 Å². The van der Waals surface area contributed by atoms with Gasteiger partial charge < -0.3 is 10.2 Å². The molecule has 4 nitrogen and oxygen atoms in total. The highest BCUT2D eigenvalue weighted by atomic mass is 79.9. The molecule has 0 aromatic carbocycles. The van der Waals surface area contributed by atoms with E-state index in [1.54, 1.807) is 0 Å². The summed E-state index contributed by atoms with van der Waals surface area (Å²) in [5.41, 5.74) is 0. The number of aliphatic carboxylic acids is 2. The lowest BCUT2D eigenvalue weighted by atomic mass is 9.89. The molecule has 0 aromatic rings. The zero-order valence-electron chi connectivity index (χ0n) is 12.1. The normalized spacial score (nSPS) is 17.2. The number of carbonyl (C=O) groups is 2. The van der Waals surface area contributed by atoms with Crippen LogP contribution in [0.3, 0.4) is 0 Å². The van der Waals surface area contributed by atoms with Gasteiger partial charge in [-0.3, -0.25) is 9.59 Å². The monoisotopic (exact) mass is 414 g/mol. The number of unbranched alkanes of at least 4 members (excludes halogenated alkanes) is 2. The quantitative estimate of drug-likeness (QED) is 0.484. The topological polar surface area (TPSA) is 74.6 Å². The van der Waals surface area contributed by atoms with Crippen LogP contribution in [0.4, 0.5) is 0 Å². The van der Waals surface area contributed by atoms with E-state index in [2.05, 4.69) is 31.9 Å². The van der Waals surface area contributed by atoms with Gasteiger partial charge in [0.25, 0.3) is 0 Å². The van der Waals surface area contributed by atoms with Crippen LogP contribution in [0.5, 0.6) is 0 Å². The molecule has 0 radical (unpaired) electrons. The average Bonchev–Trinajstić information content (AvgIpc) is 2.40. The molecule has 0 amide bonds. The van der Waals surface area contributed by atoms with Gasteiger partial charge in [0.15, 0.2) is 0 Å². The molecule has 0 heterocycles. The van der Waals surface area contributed by atoms with Crippen LogP contribution >= 0.6 is 31.9 Å². The van der Waals surface area contributed by atoms with Gasteiger partial charge >= 0.3 is 11.9 Å². The van der Waals surface area contributed by atoms with Crippen LogP contribution in [0, 0.1) is 0 Å². The molecule has 0 aliphatic carbocycles. The molecular formula is C14H24Br2O4. The SMILES string of the molecule is CCCCC(Br)(CCC(Br)(CCCC)C(=O)O)C(=O)O. The van der Waals surface area contributed by atoms with Gasteiger partial charge in [-0.25, -0.2) is 0 Å². The number of rotatable bonds is 11. The molecule has 118 valence electrons. The zero-order valence-corrected chi connectivity index (χ0v) is 15.3. The van der Waals surface area contributed by atoms with Crippen molar-refractivity contribution in [3.05, 3.63) is 0 Å². The highest BCUT2D eigenvalue weighted by Gasteiger charge is 2.41. The molecule has 0 bridgehead atoms. The Morgan fingerprint density at radius 3 is 1.30 bits per heavy atom. The Morgan fingerprint density at radius 1 is 0.800 bits per heavy atom. The smallest absolute Gasteiger partial charge is 0.320 e. The van der Waals surface area contributed by atoms with Crippen molar-refractivity contribution in [2.75, 3.05) is 0 Å². The minimum atomic E-state index is -1.02. The van der Waals surface area contributed by atoms with Crippen LogP contribution in [-0.2, 0) is 9.59 Å². The molecule has 20 heavy (non-hydrogen) atoms. The van der Waals surface area contributed by atoms with Crippen LogP contribution in [-0.4, -0.2) is 30.8 Å². The van der Waals surface area contributed by atoms with Gasteiger partial charge in [-0.05, 0) is 25.7 Å². The average molecular weight is 416 g/mol. The first kappa shape index (κ1) is 19.9. The molecule has 0 aromatic heterocycles. The molecule has 0 saturated heterocycles. The van der Waals surface area contributed by atoms with Crippen LogP contribution in [0.1, 0.15) is 65.2 Å². The van der Waals surface area contributed by atoms with Crippen molar-refractivity contribution in [1.82, 2.24) is 0 Å². The highest BCUT2D eigenvalue weighted by molar-refractivity contribution is 9.10. The number of hydrogen-bond donors (Lipinski definition) is 2. The van der Waals surface area contributed by atoms with Gasteiger partial charge in [0.2, 0.25) is 0 Å². The van der Waals surface area contributed by atoms with Crippen molar-refractivity contribution in [2.45, 2.75) is 73.9 Å². The Morgan fingerprint density at radius 2 is 1.10 bits per heavy atom. The molecule has 0 fully saturated rings. The summed E-state index contributed by atoms with van der Waals surface area (Å²) in [5.74, 6) is -1.83. The van der Waals surface area contributed by atoms with Crippen molar-refractivity contribution >= 4 is 43.8 Å². The van der Waals surface area contributed by atoms with E-state index in [0.717, 1.165) is 25.7 Å². The van der Waals surface area contributed by atoms with E-state index in [-0.39, 0.29) is 0 Å². The predicted octanol–water partition coefficient (Wildman–Crippen LogP) is 4.58. The van der Waals surface area contributed by atoms with E-state index in [1.807, 2.05) is 13.8 Å². The van der Waals surface area contributed by atoms with Gasteiger partial charge in [0.1, 0.15) is 8.65 Å². The second-order valence-corrected chi connectivity index (χ2v) is 8.28. The maximum absolute atomic E-state index is 11.4. The molecular weight excluding hydrogens is 392 g/mol. The van der Waals surface area contributed by atoms with Crippen molar-refractivity contribution in [2.24, 2.45) is 0 Å². The van der Waals surface area contributed by atoms with E-state index in [4.69, 9.17) is 0 Å². The Kier molecular flexibility index (Phi) is 8.98. The maximum atomic E-state index is 11.4. The summed E-state index contributed by atoms with van der Waals surface area (Å²) >= 11 is 6.62. The first-order chi connectivity index (χ1) is 9.22. The second-order valence-electron chi connectivity index (χ2n) is 5.25. The van der Waals surface area contributed by atoms with Gasteiger partial charge in [-0.15, -0.1) is 0 Å². The van der Waals surface area contributed by atoms with Crippen LogP contribution in [0.15, 0.2) is 0 Å². The zero-order chi connectivity index (χ0) is 15.8. The molecule has 0 spiro atoms. The Labute approximate surface area is 137 Å². The van der Waals surface area contributed by atoms with Gasteiger partial charge in [0.05, 0.1) is 0 Å². The molecule has 0 rings (SSSR count). The number of carboxylic acids is 2.